The van der Waals surface area contributed by atoms with Crippen LogP contribution in [0.2, 0.25) is 0 Å². The Hall–Kier alpha value is -5.28. The highest BCUT2D eigenvalue weighted by molar-refractivity contribution is 6.04. The summed E-state index contributed by atoms with van der Waals surface area (Å²) < 4.78 is 46.9. The minimum atomic E-state index is -4.81. The van der Waals surface area contributed by atoms with Gasteiger partial charge in [-0.1, -0.05) is 49.0 Å². The van der Waals surface area contributed by atoms with E-state index in [9.17, 15) is 27.6 Å². The van der Waals surface area contributed by atoms with Crippen molar-refractivity contribution in [1.29, 1.82) is 0 Å². The molecule has 2 aromatic carbocycles. The van der Waals surface area contributed by atoms with Crippen LogP contribution in [0.1, 0.15) is 46.4 Å². The summed E-state index contributed by atoms with van der Waals surface area (Å²) in [6, 6.07) is 16.4. The number of anilines is 1. The summed E-state index contributed by atoms with van der Waals surface area (Å²) >= 11 is 0. The average Bonchev–Trinajstić information content (AvgIpc) is 3.78. The van der Waals surface area contributed by atoms with Gasteiger partial charge in [-0.15, -0.1) is 13.2 Å². The standard InChI is InChI=1S/C36H37F3N8O4/c1-4-45-33-28(17-40-47(33)25-11-6-5-7-12-25)30(31(35(45)50)41-32(48)29-13-14-46(42-29)36(37,38)39)24-10-8-9-23(15-24)19-43(3)34(49)22(2)18-44-20-26-16-27(21-44)51-26/h5-15,17,26-27,30-31H,2,4,16,18-21H2,1,3H3,(H,41,48)/t26?,27?,30-,31+/m1/s1. The van der Waals surface area contributed by atoms with Crippen molar-refractivity contribution < 1.29 is 32.3 Å². The number of ether oxygens (including phenoxy) is 1. The van der Waals surface area contributed by atoms with Crippen LogP contribution in [0.4, 0.5) is 19.0 Å². The van der Waals surface area contributed by atoms with Crippen molar-refractivity contribution in [1.82, 2.24) is 34.7 Å². The summed E-state index contributed by atoms with van der Waals surface area (Å²) in [4.78, 5) is 46.4. The maximum Gasteiger partial charge on any atom is 0.504 e. The number of morpholine rings is 1. The number of fused-ring (bicyclic) bond motifs is 3. The maximum absolute atomic E-state index is 14.3. The molecule has 1 N–H and O–H groups in total. The SMILES string of the molecule is C=C(CN1CC2CC(C1)O2)C(=O)N(C)Cc1cccc([C@@H]2c3cnn(-c4ccccc4)c3N(CC)C(=O)[C@H]2NC(=O)c2ccn(C(F)(F)F)n2)c1. The molecule has 3 amide bonds. The molecule has 0 spiro atoms. The van der Waals surface area contributed by atoms with Crippen molar-refractivity contribution in [3.63, 3.8) is 0 Å². The molecule has 0 saturated carbocycles. The van der Waals surface area contributed by atoms with Gasteiger partial charge in [0.25, 0.3) is 17.7 Å². The predicted molar refractivity (Wildman–Crippen MR) is 180 cm³/mol. The van der Waals surface area contributed by atoms with Gasteiger partial charge in [0.15, 0.2) is 0 Å². The normalized spacial score (nSPS) is 21.5. The smallest absolute Gasteiger partial charge is 0.372 e. The Labute approximate surface area is 292 Å². The second kappa shape index (κ2) is 13.5. The van der Waals surface area contributed by atoms with Crippen LogP contribution in [0, 0.1) is 0 Å². The average molecular weight is 703 g/mol. The van der Waals surface area contributed by atoms with E-state index < -0.39 is 35.8 Å². The summed E-state index contributed by atoms with van der Waals surface area (Å²) in [6.07, 6.45) is -1.04. The summed E-state index contributed by atoms with van der Waals surface area (Å²) in [5.41, 5.74) is 2.73. The third kappa shape index (κ3) is 6.66. The number of likely N-dealkylation sites (N-methyl/N-ethyl adjacent to an activating group) is 2. The zero-order chi connectivity index (χ0) is 36.0. The van der Waals surface area contributed by atoms with Crippen LogP contribution >= 0.6 is 0 Å². The number of piperidine rings is 1. The van der Waals surface area contributed by atoms with E-state index >= 15 is 0 Å². The van der Waals surface area contributed by atoms with Crippen LogP contribution in [-0.2, 0) is 27.2 Å². The lowest BCUT2D eigenvalue weighted by molar-refractivity contribution is -0.212. The molecule has 51 heavy (non-hydrogen) atoms. The van der Waals surface area contributed by atoms with E-state index in [2.05, 4.69) is 27.0 Å². The number of nitrogens with zero attached hydrogens (tertiary/aromatic N) is 7. The third-order valence-corrected chi connectivity index (χ3v) is 9.54. The lowest BCUT2D eigenvalue weighted by Gasteiger charge is -2.47. The zero-order valence-corrected chi connectivity index (χ0v) is 28.1. The highest BCUT2D eigenvalue weighted by Crippen LogP contribution is 2.42. The number of hydrogen-bond donors (Lipinski definition) is 1. The van der Waals surface area contributed by atoms with Gasteiger partial charge < -0.3 is 15.0 Å². The molecule has 2 unspecified atom stereocenters. The molecule has 2 bridgehead atoms. The first-order chi connectivity index (χ1) is 24.4. The number of nitrogens with one attached hydrogen (secondary N) is 1. The first-order valence-corrected chi connectivity index (χ1v) is 16.7. The predicted octanol–water partition coefficient (Wildman–Crippen LogP) is 3.83. The number of para-hydroxylation sites is 1. The highest BCUT2D eigenvalue weighted by atomic mass is 19.4. The Bertz CT molecular complexity index is 1960. The van der Waals surface area contributed by atoms with Crippen molar-refractivity contribution in [3.8, 4) is 5.69 Å². The van der Waals surface area contributed by atoms with Gasteiger partial charge in [0, 0.05) is 69.4 Å². The Morgan fingerprint density at radius 3 is 2.47 bits per heavy atom. The Kier molecular flexibility index (Phi) is 9.01. The Morgan fingerprint density at radius 1 is 1.08 bits per heavy atom. The van der Waals surface area contributed by atoms with Gasteiger partial charge in [-0.25, -0.2) is 4.68 Å². The van der Waals surface area contributed by atoms with Gasteiger partial charge in [0.1, 0.15) is 17.6 Å². The van der Waals surface area contributed by atoms with E-state index in [-0.39, 0.29) is 35.9 Å². The lowest BCUT2D eigenvalue weighted by atomic mass is 9.82. The van der Waals surface area contributed by atoms with E-state index in [4.69, 9.17) is 4.74 Å². The summed E-state index contributed by atoms with van der Waals surface area (Å²) in [5, 5.41) is 10.7. The molecule has 4 atom stereocenters. The molecule has 4 aliphatic heterocycles. The van der Waals surface area contributed by atoms with Gasteiger partial charge in [0.2, 0.25) is 0 Å². The van der Waals surface area contributed by atoms with Gasteiger partial charge in [0.05, 0.1) is 24.1 Å². The molecule has 3 saturated heterocycles. The number of hydrogen-bond acceptors (Lipinski definition) is 7. The number of carbonyl (C=O) groups excluding carboxylic acids is 3. The van der Waals surface area contributed by atoms with E-state index in [1.165, 1.54) is 4.90 Å². The molecule has 0 radical (unpaired) electrons. The van der Waals surface area contributed by atoms with Gasteiger partial charge in [-0.2, -0.15) is 14.9 Å². The third-order valence-electron chi connectivity index (χ3n) is 9.54. The second-order valence-corrected chi connectivity index (χ2v) is 13.1. The molecule has 12 nitrogen and oxygen atoms in total. The van der Waals surface area contributed by atoms with Crippen molar-refractivity contribution in [2.45, 2.75) is 50.4 Å². The monoisotopic (exact) mass is 702 g/mol. The van der Waals surface area contributed by atoms with Crippen molar-refractivity contribution in [2.24, 2.45) is 0 Å². The Balaban J connectivity index is 1.19. The number of aromatic nitrogens is 4. The molecule has 6 heterocycles. The van der Waals surface area contributed by atoms with Crippen LogP contribution < -0.4 is 10.2 Å². The van der Waals surface area contributed by atoms with Crippen LogP contribution in [0.5, 0.6) is 0 Å². The lowest BCUT2D eigenvalue weighted by Crippen LogP contribution is -2.57. The fourth-order valence-electron chi connectivity index (χ4n) is 7.23. The molecule has 4 aromatic rings. The van der Waals surface area contributed by atoms with Crippen LogP contribution in [0.15, 0.2) is 85.2 Å². The first kappa shape index (κ1) is 34.2. The van der Waals surface area contributed by atoms with Gasteiger partial charge >= 0.3 is 6.30 Å². The molecule has 15 heteroatoms. The number of amides is 3. The van der Waals surface area contributed by atoms with Gasteiger partial charge in [-0.05, 0) is 36.2 Å². The molecule has 4 aliphatic rings. The quantitative estimate of drug-likeness (QED) is 0.250. The fourth-order valence-corrected chi connectivity index (χ4v) is 7.23. The molecule has 3 fully saturated rings. The van der Waals surface area contributed by atoms with E-state index in [1.807, 2.05) is 48.5 Å². The van der Waals surface area contributed by atoms with Crippen molar-refractivity contribution >= 4 is 23.5 Å². The minimum absolute atomic E-state index is 0.193. The number of halogens is 3. The topological polar surface area (TPSA) is 118 Å². The van der Waals surface area contributed by atoms with Crippen molar-refractivity contribution in [3.05, 3.63) is 108 Å². The highest BCUT2D eigenvalue weighted by Gasteiger charge is 2.45. The number of carbonyl (C=O) groups is 3. The number of benzene rings is 2. The molecule has 2 aromatic heterocycles. The zero-order valence-electron chi connectivity index (χ0n) is 28.1. The fraction of sp³-hybridized carbons (Fsp3) is 0.361. The molecular weight excluding hydrogens is 665 g/mol. The summed E-state index contributed by atoms with van der Waals surface area (Å²) in [6.45, 7) is 8.32. The largest absolute Gasteiger partial charge is 0.504 e. The van der Waals surface area contributed by atoms with Crippen LogP contribution in [-0.4, -0.2) is 98.6 Å². The number of rotatable bonds is 10. The van der Waals surface area contributed by atoms with Gasteiger partial charge in [-0.3, -0.25) is 24.2 Å². The minimum Gasteiger partial charge on any atom is -0.372 e. The summed E-state index contributed by atoms with van der Waals surface area (Å²) in [5.74, 6) is -1.87. The van der Waals surface area contributed by atoms with Crippen LogP contribution in [0.3, 0.4) is 0 Å². The summed E-state index contributed by atoms with van der Waals surface area (Å²) in [7, 11) is 1.70. The van der Waals surface area contributed by atoms with Crippen LogP contribution in [0.25, 0.3) is 5.69 Å². The Morgan fingerprint density at radius 2 is 1.80 bits per heavy atom. The van der Waals surface area contributed by atoms with E-state index in [0.29, 0.717) is 40.9 Å². The molecular formula is C36H37F3N8O4. The van der Waals surface area contributed by atoms with E-state index in [0.717, 1.165) is 31.1 Å². The second-order valence-electron chi connectivity index (χ2n) is 13.1. The molecule has 8 rings (SSSR count). The van der Waals surface area contributed by atoms with Crippen molar-refractivity contribution in [2.75, 3.05) is 38.1 Å². The molecule has 0 aliphatic carbocycles. The van der Waals surface area contributed by atoms with E-state index in [1.54, 1.807) is 35.8 Å². The number of alkyl halides is 3. The first-order valence-electron chi connectivity index (χ1n) is 16.7. The molecule has 266 valence electrons. The maximum atomic E-state index is 14.3.